The van der Waals surface area contributed by atoms with E-state index in [1.807, 2.05) is 5.57 Å². The van der Waals surface area contributed by atoms with Crippen molar-refractivity contribution in [3.05, 3.63) is 53.6 Å². The van der Waals surface area contributed by atoms with E-state index in [1.165, 1.54) is 56.9 Å². The molecule has 1 aromatic carbocycles. The van der Waals surface area contributed by atoms with Crippen LogP contribution in [0.4, 0.5) is 0 Å². The van der Waals surface area contributed by atoms with Crippen LogP contribution in [0.5, 0.6) is 0 Å². The molecule has 8 atom stereocenters. The summed E-state index contributed by atoms with van der Waals surface area (Å²) in [4.78, 5) is 0. The Hall–Kier alpha value is -1.30. The second-order valence-corrected chi connectivity index (χ2v) is 12.0. The fraction of sp³-hybridized carbons (Fsp3) is 0.667. The van der Waals surface area contributed by atoms with E-state index in [1.54, 1.807) is 0 Å². The van der Waals surface area contributed by atoms with Gasteiger partial charge in [0.05, 0.1) is 0 Å². The highest BCUT2D eigenvalue weighted by Gasteiger charge is 2.58. The summed E-state index contributed by atoms with van der Waals surface area (Å²) in [5.74, 6) is 5.29. The van der Waals surface area contributed by atoms with Crippen LogP contribution >= 0.6 is 0 Å². The van der Waals surface area contributed by atoms with Crippen molar-refractivity contribution in [3.63, 3.8) is 0 Å². The quantitative estimate of drug-likeness (QED) is 0.444. The Morgan fingerprint density at radius 3 is 2.57 bits per heavy atom. The minimum atomic E-state index is 0.521. The zero-order valence-corrected chi connectivity index (χ0v) is 19.7. The van der Waals surface area contributed by atoms with Crippen LogP contribution in [0, 0.1) is 46.3 Å². The molecular formula is C30H42. The van der Waals surface area contributed by atoms with E-state index in [9.17, 15) is 0 Å². The lowest BCUT2D eigenvalue weighted by atomic mass is 9.46. The van der Waals surface area contributed by atoms with Crippen molar-refractivity contribution in [3.8, 4) is 0 Å². The Morgan fingerprint density at radius 2 is 1.77 bits per heavy atom. The lowest BCUT2D eigenvalue weighted by Crippen LogP contribution is -2.50. The average Bonchev–Trinajstić information content (AvgIpc) is 3.10. The van der Waals surface area contributed by atoms with Crippen LogP contribution in [0.3, 0.4) is 0 Å². The van der Waals surface area contributed by atoms with Crippen molar-refractivity contribution in [2.75, 3.05) is 0 Å². The molecule has 0 N–H and O–H groups in total. The Bertz CT molecular complexity index is 816. The van der Waals surface area contributed by atoms with Gasteiger partial charge >= 0.3 is 0 Å². The van der Waals surface area contributed by atoms with Crippen LogP contribution in [0.25, 0.3) is 6.08 Å². The second-order valence-electron chi connectivity index (χ2n) is 12.0. The van der Waals surface area contributed by atoms with Gasteiger partial charge in [0.1, 0.15) is 0 Å². The van der Waals surface area contributed by atoms with Gasteiger partial charge in [0, 0.05) is 0 Å². The molecule has 0 heteroatoms. The predicted octanol–water partition coefficient (Wildman–Crippen LogP) is 8.55. The number of allylic oxidation sites excluding steroid dienone is 3. The van der Waals surface area contributed by atoms with Crippen LogP contribution in [-0.4, -0.2) is 0 Å². The molecule has 0 spiro atoms. The Labute approximate surface area is 185 Å². The standard InChI is InChI=1S/C30H42/c1-21-16-18-29(3)24(20-21)12-13-25-27-15-14-26(30(27,4)19-17-28(25)29)22(2)10-11-23-8-6-5-7-9-23/h5-12,21-22,25-28H,13-20H2,1-4H3/b11-10+/t21-,22+,25-,26+,27-,28-,29-,30+/m0/s1. The summed E-state index contributed by atoms with van der Waals surface area (Å²) in [6, 6.07) is 10.9. The molecule has 3 saturated carbocycles. The van der Waals surface area contributed by atoms with Crippen LogP contribution in [-0.2, 0) is 0 Å². The lowest BCUT2D eigenvalue weighted by Gasteiger charge is -2.58. The second kappa shape index (κ2) is 7.68. The molecule has 0 nitrogen and oxygen atoms in total. The Morgan fingerprint density at radius 1 is 0.967 bits per heavy atom. The third-order valence-electron chi connectivity index (χ3n) is 10.5. The normalized spacial score (nSPS) is 44.1. The average molecular weight is 403 g/mol. The van der Waals surface area contributed by atoms with Crippen LogP contribution in [0.1, 0.15) is 84.6 Å². The SMILES string of the molecule is C[C@H]1CC[C@@]2(C)C(=CC[C@H]3[C@@H]4CC[C@H]([C@H](C)/C=C/c5ccccc5)[C@@]4(C)CC[C@@H]32)C1. The van der Waals surface area contributed by atoms with Gasteiger partial charge in [-0.15, -0.1) is 0 Å². The molecule has 5 rings (SSSR count). The highest BCUT2D eigenvalue weighted by atomic mass is 14.6. The largest absolute Gasteiger partial charge is 0.0845 e. The third kappa shape index (κ3) is 3.25. The monoisotopic (exact) mass is 402 g/mol. The summed E-state index contributed by atoms with van der Waals surface area (Å²) in [5, 5.41) is 0. The molecular weight excluding hydrogens is 360 g/mol. The van der Waals surface area contributed by atoms with E-state index in [0.29, 0.717) is 16.7 Å². The highest BCUT2D eigenvalue weighted by Crippen LogP contribution is 2.67. The van der Waals surface area contributed by atoms with Crippen LogP contribution < -0.4 is 0 Å². The number of rotatable bonds is 3. The van der Waals surface area contributed by atoms with E-state index in [2.05, 4.69) is 76.3 Å². The number of hydrogen-bond acceptors (Lipinski definition) is 0. The third-order valence-corrected chi connectivity index (χ3v) is 10.5. The predicted molar refractivity (Wildman–Crippen MR) is 129 cm³/mol. The van der Waals surface area contributed by atoms with Gasteiger partial charge in [-0.25, -0.2) is 0 Å². The Kier molecular flexibility index (Phi) is 5.27. The fourth-order valence-corrected chi connectivity index (χ4v) is 8.71. The van der Waals surface area contributed by atoms with Crippen LogP contribution in [0.15, 0.2) is 48.1 Å². The van der Waals surface area contributed by atoms with E-state index >= 15 is 0 Å². The molecule has 3 fully saturated rings. The first-order chi connectivity index (χ1) is 14.4. The fourth-order valence-electron chi connectivity index (χ4n) is 8.71. The molecule has 4 aliphatic rings. The first-order valence-electron chi connectivity index (χ1n) is 12.8. The summed E-state index contributed by atoms with van der Waals surface area (Å²) in [6.07, 6.45) is 19.1. The first-order valence-corrected chi connectivity index (χ1v) is 12.8. The molecule has 0 heterocycles. The molecule has 30 heavy (non-hydrogen) atoms. The molecule has 1 aromatic rings. The number of hydrogen-bond donors (Lipinski definition) is 0. The van der Waals surface area contributed by atoms with Gasteiger partial charge in [-0.3, -0.25) is 0 Å². The molecule has 0 aliphatic heterocycles. The van der Waals surface area contributed by atoms with Gasteiger partial charge in [0.15, 0.2) is 0 Å². The molecule has 0 saturated heterocycles. The molecule has 0 radical (unpaired) electrons. The van der Waals surface area contributed by atoms with E-state index in [0.717, 1.165) is 29.6 Å². The summed E-state index contributed by atoms with van der Waals surface area (Å²) in [7, 11) is 0. The zero-order chi connectivity index (χ0) is 20.9. The van der Waals surface area contributed by atoms with Gasteiger partial charge < -0.3 is 0 Å². The van der Waals surface area contributed by atoms with Gasteiger partial charge in [-0.1, -0.05) is 81.8 Å². The van der Waals surface area contributed by atoms with Crippen molar-refractivity contribution in [2.24, 2.45) is 46.3 Å². The van der Waals surface area contributed by atoms with E-state index < -0.39 is 0 Å². The van der Waals surface area contributed by atoms with Gasteiger partial charge in [-0.05, 0) is 103 Å². The molecule has 0 amide bonds. The summed E-state index contributed by atoms with van der Waals surface area (Å²) in [6.45, 7) is 10.3. The summed E-state index contributed by atoms with van der Waals surface area (Å²) >= 11 is 0. The highest BCUT2D eigenvalue weighted by molar-refractivity contribution is 5.49. The summed E-state index contributed by atoms with van der Waals surface area (Å²) < 4.78 is 0. The molecule has 0 unspecified atom stereocenters. The van der Waals surface area contributed by atoms with Gasteiger partial charge in [0.2, 0.25) is 0 Å². The van der Waals surface area contributed by atoms with Crippen molar-refractivity contribution >= 4 is 6.08 Å². The van der Waals surface area contributed by atoms with E-state index in [4.69, 9.17) is 0 Å². The minimum Gasteiger partial charge on any atom is -0.0845 e. The Balaban J connectivity index is 1.36. The minimum absolute atomic E-state index is 0.521. The van der Waals surface area contributed by atoms with Crippen molar-refractivity contribution in [1.29, 1.82) is 0 Å². The summed E-state index contributed by atoms with van der Waals surface area (Å²) in [5.41, 5.74) is 4.26. The number of fused-ring (bicyclic) bond motifs is 5. The molecule has 4 aliphatic carbocycles. The molecule has 162 valence electrons. The van der Waals surface area contributed by atoms with Crippen molar-refractivity contribution in [2.45, 2.75) is 79.1 Å². The molecule has 0 aromatic heterocycles. The van der Waals surface area contributed by atoms with Gasteiger partial charge in [0.25, 0.3) is 0 Å². The smallest absolute Gasteiger partial charge is 0.00851 e. The first kappa shape index (κ1) is 20.6. The molecule has 0 bridgehead atoms. The topological polar surface area (TPSA) is 0 Å². The van der Waals surface area contributed by atoms with Crippen molar-refractivity contribution < 1.29 is 0 Å². The lowest BCUT2D eigenvalue weighted by molar-refractivity contribution is -0.0486. The van der Waals surface area contributed by atoms with Crippen LogP contribution in [0.2, 0.25) is 0 Å². The van der Waals surface area contributed by atoms with Gasteiger partial charge in [-0.2, -0.15) is 0 Å². The van der Waals surface area contributed by atoms with E-state index in [-0.39, 0.29) is 0 Å². The maximum absolute atomic E-state index is 2.73. The maximum atomic E-state index is 2.73. The zero-order valence-electron chi connectivity index (χ0n) is 19.7. The number of benzene rings is 1. The van der Waals surface area contributed by atoms with Crippen molar-refractivity contribution in [1.82, 2.24) is 0 Å². The maximum Gasteiger partial charge on any atom is -0.00851 e.